The lowest BCUT2D eigenvalue weighted by atomic mass is 9.97. The van der Waals surface area contributed by atoms with Crippen molar-refractivity contribution in [3.8, 4) is 0 Å². The molecule has 1 amide bonds. The Morgan fingerprint density at radius 2 is 2.31 bits per heavy atom. The molecule has 0 aliphatic carbocycles. The van der Waals surface area contributed by atoms with E-state index in [0.717, 1.165) is 45.7 Å². The van der Waals surface area contributed by atoms with E-state index < -0.39 is 0 Å². The van der Waals surface area contributed by atoms with E-state index in [1.165, 1.54) is 6.42 Å². The molecular weight excluding hydrogens is 202 g/mol. The number of rotatable bonds is 5. The summed E-state index contributed by atoms with van der Waals surface area (Å²) in [6, 6.07) is 0. The average molecular weight is 227 g/mol. The molecule has 1 heterocycles. The Labute approximate surface area is 98.8 Å². The van der Waals surface area contributed by atoms with E-state index in [1.807, 2.05) is 4.90 Å². The number of nitrogens with zero attached hydrogens (tertiary/aromatic N) is 2. The summed E-state index contributed by atoms with van der Waals surface area (Å²) in [7, 11) is 0. The second kappa shape index (κ2) is 6.86. The average Bonchev–Trinajstić information content (AvgIpc) is 2.29. The summed E-state index contributed by atoms with van der Waals surface area (Å²) in [6.07, 6.45) is 2.38. The standard InChI is InChI=1S/C12H25N3O/c1-3-14(8-6-13)9-12-5-4-7-15(10-12)11(2)16/h12H,3-10,13H2,1-2H3/t12-/m0/s1. The van der Waals surface area contributed by atoms with E-state index in [2.05, 4.69) is 11.8 Å². The summed E-state index contributed by atoms with van der Waals surface area (Å²) < 4.78 is 0. The van der Waals surface area contributed by atoms with Gasteiger partial charge < -0.3 is 15.5 Å². The lowest BCUT2D eigenvalue weighted by Gasteiger charge is -2.34. The highest BCUT2D eigenvalue weighted by Gasteiger charge is 2.22. The number of carbonyl (C=O) groups is 1. The minimum Gasteiger partial charge on any atom is -0.343 e. The van der Waals surface area contributed by atoms with Gasteiger partial charge in [0.1, 0.15) is 0 Å². The molecule has 4 nitrogen and oxygen atoms in total. The lowest BCUT2D eigenvalue weighted by Crippen LogP contribution is -2.43. The molecule has 1 rings (SSSR count). The molecule has 0 saturated carbocycles. The van der Waals surface area contributed by atoms with Crippen molar-refractivity contribution >= 4 is 5.91 Å². The SMILES string of the molecule is CCN(CCN)C[C@@H]1CCCN(C(C)=O)C1. The first kappa shape index (κ1) is 13.5. The number of piperidine rings is 1. The van der Waals surface area contributed by atoms with Crippen LogP contribution in [0.5, 0.6) is 0 Å². The highest BCUT2D eigenvalue weighted by Crippen LogP contribution is 2.17. The molecule has 1 atom stereocenters. The monoisotopic (exact) mass is 227 g/mol. The maximum absolute atomic E-state index is 11.3. The first-order valence-corrected chi connectivity index (χ1v) is 6.35. The van der Waals surface area contributed by atoms with Gasteiger partial charge in [0.2, 0.25) is 5.91 Å². The predicted octanol–water partition coefficient (Wildman–Crippen LogP) is 0.526. The summed E-state index contributed by atoms with van der Waals surface area (Å²) >= 11 is 0. The van der Waals surface area contributed by atoms with Crippen molar-refractivity contribution in [3.63, 3.8) is 0 Å². The van der Waals surface area contributed by atoms with E-state index in [9.17, 15) is 4.79 Å². The molecule has 0 aromatic rings. The zero-order valence-electron chi connectivity index (χ0n) is 10.6. The van der Waals surface area contributed by atoms with Crippen LogP contribution >= 0.6 is 0 Å². The van der Waals surface area contributed by atoms with Crippen LogP contribution in [-0.2, 0) is 4.79 Å². The fraction of sp³-hybridized carbons (Fsp3) is 0.917. The van der Waals surface area contributed by atoms with Crippen LogP contribution in [-0.4, -0.2) is 55.0 Å². The number of hydrogen-bond acceptors (Lipinski definition) is 3. The summed E-state index contributed by atoms with van der Waals surface area (Å²) in [5.74, 6) is 0.843. The second-order valence-corrected chi connectivity index (χ2v) is 4.66. The topological polar surface area (TPSA) is 49.6 Å². The second-order valence-electron chi connectivity index (χ2n) is 4.66. The first-order valence-electron chi connectivity index (χ1n) is 6.35. The van der Waals surface area contributed by atoms with Crippen molar-refractivity contribution in [2.24, 2.45) is 11.7 Å². The maximum Gasteiger partial charge on any atom is 0.219 e. The molecule has 4 heteroatoms. The Morgan fingerprint density at radius 1 is 1.56 bits per heavy atom. The molecule has 1 saturated heterocycles. The van der Waals surface area contributed by atoms with Gasteiger partial charge in [-0.05, 0) is 25.3 Å². The van der Waals surface area contributed by atoms with Crippen LogP contribution in [0.1, 0.15) is 26.7 Å². The van der Waals surface area contributed by atoms with E-state index >= 15 is 0 Å². The van der Waals surface area contributed by atoms with Gasteiger partial charge in [-0.15, -0.1) is 0 Å². The van der Waals surface area contributed by atoms with Crippen LogP contribution in [0.2, 0.25) is 0 Å². The van der Waals surface area contributed by atoms with E-state index in [0.29, 0.717) is 5.92 Å². The Hall–Kier alpha value is -0.610. The third-order valence-corrected chi connectivity index (χ3v) is 3.37. The van der Waals surface area contributed by atoms with Gasteiger partial charge in [-0.3, -0.25) is 4.79 Å². The summed E-state index contributed by atoms with van der Waals surface area (Å²) in [6.45, 7) is 9.52. The first-order chi connectivity index (χ1) is 7.67. The summed E-state index contributed by atoms with van der Waals surface area (Å²) in [5.41, 5.74) is 5.58. The van der Waals surface area contributed by atoms with Crippen LogP contribution in [0, 0.1) is 5.92 Å². The molecule has 0 bridgehead atoms. The quantitative estimate of drug-likeness (QED) is 0.745. The van der Waals surface area contributed by atoms with Crippen LogP contribution in [0.3, 0.4) is 0 Å². The van der Waals surface area contributed by atoms with Crippen molar-refractivity contribution in [2.75, 3.05) is 39.3 Å². The Kier molecular flexibility index (Phi) is 5.77. The van der Waals surface area contributed by atoms with Crippen LogP contribution < -0.4 is 5.73 Å². The van der Waals surface area contributed by atoms with Gasteiger partial charge in [-0.2, -0.15) is 0 Å². The number of hydrogen-bond donors (Lipinski definition) is 1. The summed E-state index contributed by atoms with van der Waals surface area (Å²) in [5, 5.41) is 0. The van der Waals surface area contributed by atoms with Crippen LogP contribution in [0.15, 0.2) is 0 Å². The molecule has 94 valence electrons. The number of carbonyl (C=O) groups excluding carboxylic acids is 1. The molecule has 1 fully saturated rings. The minimum atomic E-state index is 0.214. The minimum absolute atomic E-state index is 0.214. The molecule has 0 unspecified atom stereocenters. The third-order valence-electron chi connectivity index (χ3n) is 3.37. The Balaban J connectivity index is 2.38. The normalized spacial score (nSPS) is 21.5. The van der Waals surface area contributed by atoms with Gasteiger partial charge in [0.25, 0.3) is 0 Å². The molecule has 0 aromatic carbocycles. The molecule has 0 spiro atoms. The van der Waals surface area contributed by atoms with Gasteiger partial charge in [0, 0.05) is 39.6 Å². The van der Waals surface area contributed by atoms with Gasteiger partial charge >= 0.3 is 0 Å². The van der Waals surface area contributed by atoms with Crippen molar-refractivity contribution < 1.29 is 4.79 Å². The molecule has 0 radical (unpaired) electrons. The van der Waals surface area contributed by atoms with E-state index in [-0.39, 0.29) is 5.91 Å². The highest BCUT2D eigenvalue weighted by atomic mass is 16.2. The third kappa shape index (κ3) is 4.10. The largest absolute Gasteiger partial charge is 0.343 e. The maximum atomic E-state index is 11.3. The van der Waals surface area contributed by atoms with Crippen molar-refractivity contribution in [2.45, 2.75) is 26.7 Å². The zero-order valence-corrected chi connectivity index (χ0v) is 10.6. The zero-order chi connectivity index (χ0) is 12.0. The van der Waals surface area contributed by atoms with Gasteiger partial charge in [-0.25, -0.2) is 0 Å². The Bertz CT molecular complexity index is 220. The Morgan fingerprint density at radius 3 is 2.88 bits per heavy atom. The molecule has 16 heavy (non-hydrogen) atoms. The fourth-order valence-corrected chi connectivity index (χ4v) is 2.43. The number of amides is 1. The molecular formula is C12H25N3O. The predicted molar refractivity (Wildman–Crippen MR) is 66.1 cm³/mol. The molecule has 1 aliphatic heterocycles. The van der Waals surface area contributed by atoms with Crippen molar-refractivity contribution in [1.82, 2.24) is 9.80 Å². The lowest BCUT2D eigenvalue weighted by molar-refractivity contribution is -0.130. The smallest absolute Gasteiger partial charge is 0.219 e. The van der Waals surface area contributed by atoms with Crippen LogP contribution in [0.25, 0.3) is 0 Å². The number of likely N-dealkylation sites (N-methyl/N-ethyl adjacent to an activating group) is 1. The van der Waals surface area contributed by atoms with E-state index in [1.54, 1.807) is 6.92 Å². The molecule has 1 aliphatic rings. The van der Waals surface area contributed by atoms with Crippen LogP contribution in [0.4, 0.5) is 0 Å². The fourth-order valence-electron chi connectivity index (χ4n) is 2.43. The van der Waals surface area contributed by atoms with Crippen molar-refractivity contribution in [1.29, 1.82) is 0 Å². The molecule has 2 N–H and O–H groups in total. The molecule has 0 aromatic heterocycles. The van der Waals surface area contributed by atoms with Crippen molar-refractivity contribution in [3.05, 3.63) is 0 Å². The van der Waals surface area contributed by atoms with E-state index in [4.69, 9.17) is 5.73 Å². The van der Waals surface area contributed by atoms with Gasteiger partial charge in [0.05, 0.1) is 0 Å². The highest BCUT2D eigenvalue weighted by molar-refractivity contribution is 5.73. The number of likely N-dealkylation sites (tertiary alicyclic amines) is 1. The van der Waals surface area contributed by atoms with Gasteiger partial charge in [-0.1, -0.05) is 6.92 Å². The summed E-state index contributed by atoms with van der Waals surface area (Å²) in [4.78, 5) is 15.7. The number of nitrogens with two attached hydrogens (primary N) is 1. The van der Waals surface area contributed by atoms with Gasteiger partial charge in [0.15, 0.2) is 0 Å².